The van der Waals surface area contributed by atoms with Crippen LogP contribution in [-0.2, 0) is 67.0 Å². The van der Waals surface area contributed by atoms with Gasteiger partial charge >= 0.3 is 35.5 Å². The summed E-state index contributed by atoms with van der Waals surface area (Å²) >= 11 is 0. The van der Waals surface area contributed by atoms with E-state index in [1.165, 1.54) is 83.5 Å². The fourth-order valence-electron chi connectivity index (χ4n) is 4.93. The standard InChI is InChI=1S/C40H78O15S.Na/c1-2-3-4-5-6-7-8-9-10-11-12-13-14-15-16-17-18-45-19-20-46-21-22-47-23-24-48-25-26-49-27-28-50-29-30-51-31-32-52-33-34-53-35-36-54-37-38-55-40(41)39-56(42,43)44;/h9-10H,2-8,11-39H2,1H3,(H,42,43,44);/q;+1/p-1. The number of rotatable bonds is 48. The second-order valence-electron chi connectivity index (χ2n) is 13.0. The van der Waals surface area contributed by atoms with Crippen molar-refractivity contribution in [3.05, 3.63) is 12.2 Å². The molecule has 0 aromatic heterocycles. The Kier molecular flexibility index (Phi) is 51.7. The van der Waals surface area contributed by atoms with Crippen molar-refractivity contribution in [2.75, 3.05) is 144 Å². The summed E-state index contributed by atoms with van der Waals surface area (Å²) in [4.78, 5) is 11.0. The molecule has 57 heavy (non-hydrogen) atoms. The third kappa shape index (κ3) is 55.7. The number of carbonyl (C=O) groups excluding carboxylic acids is 1. The third-order valence-electron chi connectivity index (χ3n) is 7.93. The molecule has 0 atom stereocenters. The van der Waals surface area contributed by atoms with Crippen molar-refractivity contribution in [1.29, 1.82) is 0 Å². The average Bonchev–Trinajstić information content (AvgIpc) is 3.17. The first-order valence-corrected chi connectivity index (χ1v) is 22.5. The van der Waals surface area contributed by atoms with Gasteiger partial charge in [-0.25, -0.2) is 8.42 Å². The van der Waals surface area contributed by atoms with Crippen molar-refractivity contribution >= 4 is 16.1 Å². The predicted molar refractivity (Wildman–Crippen MR) is 213 cm³/mol. The van der Waals surface area contributed by atoms with Crippen LogP contribution in [0.4, 0.5) is 0 Å². The molecule has 0 spiro atoms. The fraction of sp³-hybridized carbons (Fsp3) is 0.925. The number of ether oxygens (including phenoxy) is 11. The van der Waals surface area contributed by atoms with E-state index in [1.54, 1.807) is 0 Å². The van der Waals surface area contributed by atoms with Gasteiger partial charge in [0.25, 0.3) is 0 Å². The van der Waals surface area contributed by atoms with Crippen molar-refractivity contribution in [3.8, 4) is 0 Å². The second kappa shape index (κ2) is 50.1. The Hall–Kier alpha value is -0.280. The summed E-state index contributed by atoms with van der Waals surface area (Å²) in [6, 6.07) is 0. The van der Waals surface area contributed by atoms with Gasteiger partial charge in [0, 0.05) is 6.61 Å². The van der Waals surface area contributed by atoms with Crippen LogP contribution in [0.3, 0.4) is 0 Å². The van der Waals surface area contributed by atoms with Crippen LogP contribution < -0.4 is 29.6 Å². The zero-order chi connectivity index (χ0) is 40.7. The molecule has 0 aliphatic heterocycles. The molecule has 0 aliphatic carbocycles. The quantitative estimate of drug-likeness (QED) is 0.0287. The van der Waals surface area contributed by atoms with E-state index in [4.69, 9.17) is 47.4 Å². The van der Waals surface area contributed by atoms with Crippen LogP contribution in [0.2, 0.25) is 0 Å². The van der Waals surface area contributed by atoms with Crippen molar-refractivity contribution in [2.24, 2.45) is 0 Å². The molecule has 334 valence electrons. The summed E-state index contributed by atoms with van der Waals surface area (Å²) < 4.78 is 90.4. The van der Waals surface area contributed by atoms with Crippen LogP contribution in [0.1, 0.15) is 96.8 Å². The molecule has 0 aromatic carbocycles. The maximum absolute atomic E-state index is 11.0. The van der Waals surface area contributed by atoms with Crippen molar-refractivity contribution < 1.29 is 99.4 Å². The van der Waals surface area contributed by atoms with Crippen LogP contribution in [0.5, 0.6) is 0 Å². The zero-order valence-electron chi connectivity index (χ0n) is 35.6. The smallest absolute Gasteiger partial charge is 0.748 e. The number of esters is 1. The number of hydrogen-bond acceptors (Lipinski definition) is 15. The minimum atomic E-state index is -4.64. The summed E-state index contributed by atoms with van der Waals surface area (Å²) in [5.41, 5.74) is 0. The van der Waals surface area contributed by atoms with Crippen molar-refractivity contribution in [3.63, 3.8) is 0 Å². The molecule has 0 heterocycles. The molecule has 0 aromatic rings. The van der Waals surface area contributed by atoms with E-state index in [9.17, 15) is 17.8 Å². The molecule has 0 unspecified atom stereocenters. The number of carbonyl (C=O) groups is 1. The predicted octanol–water partition coefficient (Wildman–Crippen LogP) is 2.28. The SMILES string of the molecule is CCCCCCCCC=CCCCCCCCCOCCOCCOCCOCCOCCOCCOCCOCCOCCOCCOC(=O)CS(=O)(=O)[O-].[Na+]. The van der Waals surface area contributed by atoms with E-state index < -0.39 is 21.8 Å². The summed E-state index contributed by atoms with van der Waals surface area (Å²) in [6.45, 7) is 11.4. The molecule has 15 nitrogen and oxygen atoms in total. The number of hydrogen-bond donors (Lipinski definition) is 0. The molecule has 0 rings (SSSR count). The Bertz CT molecular complexity index is 931. The maximum Gasteiger partial charge on any atom is 1.00 e. The Balaban J connectivity index is 0. The van der Waals surface area contributed by atoms with E-state index in [0.29, 0.717) is 112 Å². The Morgan fingerprint density at radius 1 is 0.404 bits per heavy atom. The summed E-state index contributed by atoms with van der Waals surface area (Å²) in [5, 5.41) is 0. The van der Waals surface area contributed by atoms with Gasteiger partial charge in [0.1, 0.15) is 22.5 Å². The van der Waals surface area contributed by atoms with Gasteiger partial charge in [-0.05, 0) is 32.1 Å². The Labute approximate surface area is 367 Å². The molecule has 17 heteroatoms. The number of allylic oxidation sites excluding steroid dienone is 2. The van der Waals surface area contributed by atoms with Crippen LogP contribution in [-0.4, -0.2) is 163 Å². The summed E-state index contributed by atoms with van der Waals surface area (Å²) in [7, 11) is -4.64. The normalized spacial score (nSPS) is 11.8. The molecule has 0 bridgehead atoms. The first kappa shape index (κ1) is 58.8. The molecule has 0 saturated carbocycles. The van der Waals surface area contributed by atoms with Gasteiger partial charge in [0.05, 0.1) is 126 Å². The Morgan fingerprint density at radius 3 is 0.982 bits per heavy atom. The molecular weight excluding hydrogens is 775 g/mol. The minimum Gasteiger partial charge on any atom is -0.748 e. The van der Waals surface area contributed by atoms with E-state index in [-0.39, 0.29) is 49.4 Å². The molecule has 0 radical (unpaired) electrons. The van der Waals surface area contributed by atoms with Gasteiger partial charge in [-0.15, -0.1) is 0 Å². The molecule has 0 fully saturated rings. The molecule has 0 aliphatic rings. The summed E-state index contributed by atoms with van der Waals surface area (Å²) in [6.07, 6.45) is 23.1. The van der Waals surface area contributed by atoms with Gasteiger partial charge < -0.3 is 56.7 Å². The summed E-state index contributed by atoms with van der Waals surface area (Å²) in [5.74, 6) is -2.29. The van der Waals surface area contributed by atoms with E-state index >= 15 is 0 Å². The monoisotopic (exact) mass is 852 g/mol. The number of unbranched alkanes of at least 4 members (excludes halogenated alkanes) is 12. The molecule has 0 N–H and O–H groups in total. The van der Waals surface area contributed by atoms with Gasteiger partial charge in [0.15, 0.2) is 0 Å². The first-order chi connectivity index (χ1) is 27.5. The molecule has 0 saturated heterocycles. The van der Waals surface area contributed by atoms with Crippen LogP contribution in [0.25, 0.3) is 0 Å². The van der Waals surface area contributed by atoms with Gasteiger partial charge in [-0.2, -0.15) is 0 Å². The van der Waals surface area contributed by atoms with Crippen molar-refractivity contribution in [2.45, 2.75) is 96.8 Å². The average molecular weight is 853 g/mol. The molecular formula is C40H77NaO15S. The minimum absolute atomic E-state index is 0. The van der Waals surface area contributed by atoms with Crippen LogP contribution >= 0.6 is 0 Å². The maximum atomic E-state index is 11.0. The van der Waals surface area contributed by atoms with Crippen molar-refractivity contribution in [1.82, 2.24) is 0 Å². The molecule has 0 amide bonds. The zero-order valence-corrected chi connectivity index (χ0v) is 38.5. The third-order valence-corrected chi connectivity index (χ3v) is 8.52. The van der Waals surface area contributed by atoms with Crippen LogP contribution in [0, 0.1) is 0 Å². The fourth-order valence-corrected chi connectivity index (χ4v) is 5.31. The van der Waals surface area contributed by atoms with Gasteiger partial charge in [-0.1, -0.05) is 76.9 Å². The van der Waals surface area contributed by atoms with E-state index in [1.807, 2.05) is 0 Å². The topological polar surface area (TPSA) is 176 Å². The second-order valence-corrected chi connectivity index (χ2v) is 14.4. The van der Waals surface area contributed by atoms with Gasteiger partial charge in [0.2, 0.25) is 0 Å². The largest absolute Gasteiger partial charge is 1.00 e. The van der Waals surface area contributed by atoms with Gasteiger partial charge in [-0.3, -0.25) is 4.79 Å². The first-order valence-electron chi connectivity index (χ1n) is 21.0. The van der Waals surface area contributed by atoms with E-state index in [2.05, 4.69) is 23.8 Å². The van der Waals surface area contributed by atoms with Crippen LogP contribution in [0.15, 0.2) is 12.2 Å². The Morgan fingerprint density at radius 2 is 0.667 bits per heavy atom. The van der Waals surface area contributed by atoms with E-state index in [0.717, 1.165) is 13.0 Å².